The molecule has 3 aliphatic heterocycles. The number of Topliss-reactive ketones (excluding diaryl/α,β-unsaturated/α-hetero) is 3. The number of epoxide rings is 1. The number of aromatic amines is 2. The summed E-state index contributed by atoms with van der Waals surface area (Å²) >= 11 is 0. The molecule has 1 spiro atoms. The molecule has 13 heteroatoms. The molecule has 4 aromatic rings. The van der Waals surface area contributed by atoms with Crippen LogP contribution in [0.15, 0.2) is 47.9 Å². The van der Waals surface area contributed by atoms with Crippen molar-refractivity contribution in [1.82, 2.24) is 25.2 Å². The molecule has 488 valence electrons. The van der Waals surface area contributed by atoms with E-state index >= 15 is 14.4 Å². The zero-order chi connectivity index (χ0) is 63.2. The molecule has 2 saturated heterocycles. The van der Waals surface area contributed by atoms with Crippen LogP contribution in [0.1, 0.15) is 240 Å². The van der Waals surface area contributed by atoms with Crippen molar-refractivity contribution in [3.05, 3.63) is 92.6 Å². The van der Waals surface area contributed by atoms with Crippen LogP contribution in [0.2, 0.25) is 0 Å². The van der Waals surface area contributed by atoms with Crippen LogP contribution in [0.25, 0.3) is 11.0 Å². The molecule has 1 aromatic carbocycles. The van der Waals surface area contributed by atoms with Crippen LogP contribution in [0, 0.1) is 68.0 Å². The van der Waals surface area contributed by atoms with Crippen molar-refractivity contribution in [3.63, 3.8) is 0 Å². The number of aliphatic hydroxyl groups excluding tert-OH is 2. The summed E-state index contributed by atoms with van der Waals surface area (Å²) in [6, 6.07) is 7.02. The normalized spacial score (nSPS) is 40.9. The van der Waals surface area contributed by atoms with E-state index in [1.54, 1.807) is 0 Å². The van der Waals surface area contributed by atoms with E-state index in [1.165, 1.54) is 23.2 Å². The number of H-pyrrole nitrogens is 2. The summed E-state index contributed by atoms with van der Waals surface area (Å²) in [6.07, 6.45) is 19.4. The third-order valence-corrected chi connectivity index (χ3v) is 28.8. The maximum atomic E-state index is 16.4. The molecule has 7 N–H and O–H groups in total. The van der Waals surface area contributed by atoms with E-state index < -0.39 is 67.7 Å². The van der Waals surface area contributed by atoms with E-state index in [1.807, 2.05) is 20.9 Å². The number of fused-ring (bicyclic) bond motifs is 9. The molecule has 3 aromatic heterocycles. The number of ether oxygens (including phenoxy) is 2. The maximum Gasteiger partial charge on any atom is 0.160 e. The Labute approximate surface area is 535 Å². The van der Waals surface area contributed by atoms with Gasteiger partial charge >= 0.3 is 0 Å². The van der Waals surface area contributed by atoms with Gasteiger partial charge in [-0.15, -0.1) is 0 Å². The zero-order valence-corrected chi connectivity index (χ0v) is 56.3. The number of nitrogens with zero attached hydrogens (tertiary/aromatic N) is 1. The Morgan fingerprint density at radius 1 is 0.878 bits per heavy atom. The van der Waals surface area contributed by atoms with Gasteiger partial charge < -0.3 is 50.0 Å². The fraction of sp³-hybridized carbons (Fsp3) is 0.727. The number of aliphatic hydroxyl groups is 3. The topological polar surface area (TPSA) is 194 Å². The predicted molar refractivity (Wildman–Crippen MR) is 350 cm³/mol. The summed E-state index contributed by atoms with van der Waals surface area (Å²) in [4.78, 5) is 56.3. The number of hydrogen-bond donors (Lipinski definition) is 7. The predicted octanol–water partition coefficient (Wildman–Crippen LogP) is 12.5. The highest BCUT2D eigenvalue weighted by Crippen LogP contribution is 2.84. The third kappa shape index (κ3) is 8.58. The van der Waals surface area contributed by atoms with Crippen molar-refractivity contribution in [2.75, 3.05) is 40.4 Å². The highest BCUT2D eigenvalue weighted by Gasteiger charge is 2.80. The number of aryl methyl sites for hydroxylation is 1. The zero-order valence-electron chi connectivity index (χ0n) is 56.3. The minimum Gasteiger partial charge on any atom is -0.392 e. The van der Waals surface area contributed by atoms with Crippen LogP contribution in [-0.2, 0) is 48.8 Å². The number of hydrogen-bond acceptors (Lipinski definition) is 10. The Balaban J connectivity index is 0.948. The molecule has 2 bridgehead atoms. The van der Waals surface area contributed by atoms with Gasteiger partial charge in [-0.1, -0.05) is 79.9 Å². The van der Waals surface area contributed by atoms with Gasteiger partial charge in [0.2, 0.25) is 0 Å². The Hall–Kier alpha value is -4.21. The van der Waals surface area contributed by atoms with Crippen molar-refractivity contribution in [2.24, 2.45) is 68.0 Å². The number of rotatable bonds is 14. The van der Waals surface area contributed by atoms with E-state index in [2.05, 4.69) is 117 Å². The van der Waals surface area contributed by atoms with E-state index in [0.29, 0.717) is 101 Å². The smallest absolute Gasteiger partial charge is 0.160 e. The molecule has 0 unspecified atom stereocenters. The van der Waals surface area contributed by atoms with Gasteiger partial charge in [0, 0.05) is 97.1 Å². The third-order valence-electron chi connectivity index (χ3n) is 28.8. The summed E-state index contributed by atoms with van der Waals surface area (Å²) in [5, 5.41) is 47.5. The van der Waals surface area contributed by atoms with Crippen LogP contribution in [-0.4, -0.2) is 112 Å². The van der Waals surface area contributed by atoms with Crippen molar-refractivity contribution in [1.29, 1.82) is 0 Å². The average Bonchev–Trinajstić information content (AvgIpc) is 1.18. The molecule has 0 radical (unpaired) electrons. The number of carbonyl (C=O) groups is 3. The molecule has 6 heterocycles. The average molecular weight is 1230 g/mol. The van der Waals surface area contributed by atoms with Gasteiger partial charge in [-0.2, -0.15) is 0 Å². The second-order valence-electron chi connectivity index (χ2n) is 34.0. The van der Waals surface area contributed by atoms with Gasteiger partial charge in [0.25, 0.3) is 0 Å². The SMILES string of the molecule is CNCC[C@]1(C)C(=O)[C@@H]2c3cc[nH]c3[C@@H]3CC[C@]2(C3)[C@@]2(C)[C@H]3[C@H](O)[C@@H]4Cn5cc([C@H]6C(=O)[C@H](CCC(C)C)Cc7c6cc([C@@H]6CCCC[C@H]6CNC)cc7C6(O)CCOCC6)c6[nH]cc(c65)CC[C@@](C)(C[C@@H](O)[C@H]5OC5(C)C)C5=C4[C@](C)(CC5=O)[C@@]3(C)CC[C@H]21. The lowest BCUT2D eigenvalue weighted by atomic mass is 9.28. The first-order valence-corrected chi connectivity index (χ1v) is 35.9. The molecule has 13 nitrogen and oxygen atoms in total. The Morgan fingerprint density at radius 3 is 2.38 bits per heavy atom. The lowest BCUT2D eigenvalue weighted by Crippen LogP contribution is -2.74. The quantitative estimate of drug-likeness (QED) is 0.0597. The molecule has 18 atom stereocenters. The second-order valence-corrected chi connectivity index (χ2v) is 34.0. The van der Waals surface area contributed by atoms with E-state index in [9.17, 15) is 15.3 Å². The number of ketones is 3. The van der Waals surface area contributed by atoms with Crippen molar-refractivity contribution in [2.45, 2.75) is 244 Å². The number of benzene rings is 1. The van der Waals surface area contributed by atoms with Gasteiger partial charge in [0.15, 0.2) is 5.78 Å². The van der Waals surface area contributed by atoms with Crippen molar-refractivity contribution < 1.29 is 39.2 Å². The van der Waals surface area contributed by atoms with Crippen LogP contribution in [0.3, 0.4) is 0 Å². The largest absolute Gasteiger partial charge is 0.392 e. The molecule has 7 fully saturated rings. The molecule has 90 heavy (non-hydrogen) atoms. The molecule has 15 rings (SSSR count). The first-order valence-electron chi connectivity index (χ1n) is 35.9. The standard InChI is InChI=1S/C77H107N5O8/c1-42(2)16-17-43-32-50-51(33-47(48-15-13-12-14-45(48)38-79-11)34-54(50)77(88)26-30-89-31-27-77)58(65(43)85)52-40-82-41-53-59-61(71(5,36-56(84)69-70(3,4)90-69)22-18-46-39-81-63(52)64(46)82)55(83)37-74(59,8)73(7)23-20-57-72(6,25-29-78-10)68(87)60-49-21-28-80-62(49)44-19-24-76(60,35-44)75(57,9)67(73)66(53)86/h21,28,33-34,39-40,42-45,48,53,56-58,60,66-67,69,78-81,84,86,88H,12-20,22-27,29-32,35-38,41H2,1-11H3/t43-,44-,45+,48-,53-,56-,57+,58+,60+,66-,67+,69-,71+,72+,73+,74+,75-,76-/m1/s1. The minimum absolute atomic E-state index is 0.0000889. The lowest BCUT2D eigenvalue weighted by molar-refractivity contribution is -0.267. The minimum atomic E-state index is -1.09. The maximum absolute atomic E-state index is 16.4. The van der Waals surface area contributed by atoms with Gasteiger partial charge in [-0.3, -0.25) is 14.4 Å². The molecular weight excluding hydrogens is 1120 g/mol. The second kappa shape index (κ2) is 21.4. The molecule has 11 aliphatic rings. The van der Waals surface area contributed by atoms with Crippen LogP contribution < -0.4 is 10.6 Å². The fourth-order valence-electron chi connectivity index (χ4n) is 24.3. The Kier molecular flexibility index (Phi) is 14.7. The lowest BCUT2D eigenvalue weighted by Gasteiger charge is -2.76. The van der Waals surface area contributed by atoms with E-state index in [-0.39, 0.29) is 47.3 Å². The summed E-state index contributed by atoms with van der Waals surface area (Å²) in [7, 11) is 4.06. The summed E-state index contributed by atoms with van der Waals surface area (Å²) in [5.74, 6) is 0.241. The molecule has 0 amide bonds. The molecule has 5 saturated carbocycles. The van der Waals surface area contributed by atoms with Gasteiger partial charge in [-0.25, -0.2) is 0 Å². The highest BCUT2D eigenvalue weighted by molar-refractivity contribution is 6.02. The first-order chi connectivity index (χ1) is 42.8. The fourth-order valence-corrected chi connectivity index (χ4v) is 24.3. The van der Waals surface area contributed by atoms with Gasteiger partial charge in [0.1, 0.15) is 17.7 Å². The summed E-state index contributed by atoms with van der Waals surface area (Å²) in [5.41, 5.74) is 7.65. The van der Waals surface area contributed by atoms with Crippen molar-refractivity contribution in [3.8, 4) is 0 Å². The van der Waals surface area contributed by atoms with Gasteiger partial charge in [0.05, 0.1) is 46.3 Å². The number of aromatic nitrogens is 3. The number of carbonyl (C=O) groups excluding carboxylic acids is 3. The Morgan fingerprint density at radius 2 is 1.64 bits per heavy atom. The summed E-state index contributed by atoms with van der Waals surface area (Å²) in [6.45, 7) is 23.5. The van der Waals surface area contributed by atoms with Gasteiger partial charge in [-0.05, 0) is 227 Å². The number of allylic oxidation sites excluding steroid dienone is 1. The number of nitrogens with one attached hydrogen (secondary N) is 4. The monoisotopic (exact) mass is 1230 g/mol. The van der Waals surface area contributed by atoms with Crippen LogP contribution in [0.4, 0.5) is 0 Å². The summed E-state index contributed by atoms with van der Waals surface area (Å²) < 4.78 is 14.6. The van der Waals surface area contributed by atoms with Crippen LogP contribution >= 0.6 is 0 Å². The first kappa shape index (κ1) is 61.9. The highest BCUT2D eigenvalue weighted by atomic mass is 16.6. The van der Waals surface area contributed by atoms with Crippen molar-refractivity contribution >= 4 is 28.4 Å². The molecule has 8 aliphatic carbocycles. The molecular formula is C77H107N5O8. The van der Waals surface area contributed by atoms with E-state index in [4.69, 9.17) is 9.47 Å². The Bertz CT molecular complexity index is 3580. The van der Waals surface area contributed by atoms with Crippen LogP contribution in [0.5, 0.6) is 0 Å². The van der Waals surface area contributed by atoms with E-state index in [0.717, 1.165) is 121 Å².